The number of esters is 1. The maximum atomic E-state index is 12.3. The van der Waals surface area contributed by atoms with Crippen molar-refractivity contribution in [2.45, 2.75) is 78.7 Å². The molecule has 0 unspecified atom stereocenters. The molecule has 6 aliphatic rings. The quantitative estimate of drug-likeness (QED) is 0.747. The number of hydrogen-bond donors (Lipinski definition) is 1. The average Bonchev–Trinajstić information content (AvgIpc) is 2.98. The maximum absolute atomic E-state index is 12.3. The Morgan fingerprint density at radius 1 is 1.08 bits per heavy atom. The van der Waals surface area contributed by atoms with Crippen molar-refractivity contribution in [2.75, 3.05) is 0 Å². The Labute approximate surface area is 156 Å². The summed E-state index contributed by atoms with van der Waals surface area (Å²) in [6.45, 7) is 8.30. The summed E-state index contributed by atoms with van der Waals surface area (Å²) in [6, 6.07) is 0. The predicted octanol–water partition coefficient (Wildman–Crippen LogP) is 4.27. The summed E-state index contributed by atoms with van der Waals surface area (Å²) in [4.78, 5) is 24.3. The van der Waals surface area contributed by atoms with E-state index in [4.69, 9.17) is 4.74 Å². The van der Waals surface area contributed by atoms with Gasteiger partial charge in [-0.1, -0.05) is 20.3 Å². The molecule has 0 aromatic heterocycles. The molecular weight excluding hydrogens is 328 g/mol. The average molecular weight is 360 g/mol. The van der Waals surface area contributed by atoms with E-state index in [1.54, 1.807) is 6.92 Å². The van der Waals surface area contributed by atoms with Crippen molar-refractivity contribution in [1.29, 1.82) is 0 Å². The summed E-state index contributed by atoms with van der Waals surface area (Å²) >= 11 is 0. The normalized spacial score (nSPS) is 59.2. The van der Waals surface area contributed by atoms with Crippen LogP contribution in [0.4, 0.5) is 0 Å². The van der Waals surface area contributed by atoms with Gasteiger partial charge in [-0.2, -0.15) is 0 Å². The van der Waals surface area contributed by atoms with E-state index < -0.39 is 11.4 Å². The lowest BCUT2D eigenvalue weighted by atomic mass is 9.36. The second kappa shape index (κ2) is 4.67. The summed E-state index contributed by atoms with van der Waals surface area (Å²) in [6.07, 6.45) is 7.39. The number of rotatable bonds is 2. The smallest absolute Gasteiger partial charge is 0.309 e. The SMILES string of the molecule is CC(=O)O[C@@H]1[C@@H]2[C@@H]3C[C@@]14[C@@H](CC[C@@H]1[C@](C)(C(=O)O)CCC[C@]14C)C[C@]23C. The number of ether oxygens (including phenoxy) is 1. The van der Waals surface area contributed by atoms with Crippen LogP contribution >= 0.6 is 0 Å². The van der Waals surface area contributed by atoms with Crippen molar-refractivity contribution in [3.63, 3.8) is 0 Å². The number of carbonyl (C=O) groups excluding carboxylic acids is 1. The molecule has 0 saturated heterocycles. The topological polar surface area (TPSA) is 63.6 Å². The molecule has 0 aliphatic heterocycles. The molecule has 4 nitrogen and oxygen atoms in total. The third-order valence-corrected chi connectivity index (χ3v) is 10.3. The monoisotopic (exact) mass is 360 g/mol. The van der Waals surface area contributed by atoms with Crippen LogP contribution in [-0.4, -0.2) is 23.1 Å². The van der Waals surface area contributed by atoms with Crippen LogP contribution in [0.5, 0.6) is 0 Å². The minimum absolute atomic E-state index is 0.00576. The number of carboxylic acids is 1. The predicted molar refractivity (Wildman–Crippen MR) is 96.2 cm³/mol. The molecular formula is C22H32O4. The first kappa shape index (κ1) is 17.1. The molecule has 0 aromatic carbocycles. The summed E-state index contributed by atoms with van der Waals surface area (Å²) in [5, 5.41) is 10.1. The Bertz CT molecular complexity index is 702. The van der Waals surface area contributed by atoms with Gasteiger partial charge in [-0.3, -0.25) is 9.59 Å². The Morgan fingerprint density at radius 2 is 1.81 bits per heavy atom. The summed E-state index contributed by atoms with van der Waals surface area (Å²) < 4.78 is 6.08. The van der Waals surface area contributed by atoms with Crippen molar-refractivity contribution in [2.24, 2.45) is 45.3 Å². The molecule has 144 valence electrons. The fourth-order valence-corrected chi connectivity index (χ4v) is 9.25. The van der Waals surface area contributed by atoms with Crippen LogP contribution in [0.1, 0.15) is 72.6 Å². The lowest BCUT2D eigenvalue weighted by molar-refractivity contribution is -0.242. The summed E-state index contributed by atoms with van der Waals surface area (Å²) in [5.74, 6) is 1.18. The number of carboxylic acid groups (broad SMARTS) is 1. The first-order valence-electron chi connectivity index (χ1n) is 10.5. The van der Waals surface area contributed by atoms with Gasteiger partial charge in [0.1, 0.15) is 6.10 Å². The van der Waals surface area contributed by atoms with Crippen molar-refractivity contribution in [3.8, 4) is 0 Å². The van der Waals surface area contributed by atoms with Crippen LogP contribution in [0.25, 0.3) is 0 Å². The summed E-state index contributed by atoms with van der Waals surface area (Å²) in [7, 11) is 0. The Kier molecular flexibility index (Phi) is 3.07. The molecule has 6 saturated carbocycles. The van der Waals surface area contributed by atoms with Crippen molar-refractivity contribution in [3.05, 3.63) is 0 Å². The molecule has 6 rings (SSSR count). The zero-order chi connectivity index (χ0) is 18.7. The van der Waals surface area contributed by atoms with Gasteiger partial charge in [-0.15, -0.1) is 0 Å². The maximum Gasteiger partial charge on any atom is 0.309 e. The molecule has 0 radical (unpaired) electrons. The van der Waals surface area contributed by atoms with Gasteiger partial charge in [0.2, 0.25) is 0 Å². The molecule has 6 fully saturated rings. The Balaban J connectivity index is 1.64. The highest BCUT2D eigenvalue weighted by Crippen LogP contribution is 2.87. The van der Waals surface area contributed by atoms with Gasteiger partial charge in [0.25, 0.3) is 0 Å². The van der Waals surface area contributed by atoms with Gasteiger partial charge in [-0.05, 0) is 74.0 Å². The van der Waals surface area contributed by atoms with Gasteiger partial charge in [0.05, 0.1) is 5.41 Å². The molecule has 26 heavy (non-hydrogen) atoms. The van der Waals surface area contributed by atoms with E-state index in [1.807, 2.05) is 6.92 Å². The van der Waals surface area contributed by atoms with E-state index in [2.05, 4.69) is 13.8 Å². The van der Waals surface area contributed by atoms with Gasteiger partial charge in [-0.25, -0.2) is 0 Å². The van der Waals surface area contributed by atoms with Crippen LogP contribution in [0.2, 0.25) is 0 Å². The minimum Gasteiger partial charge on any atom is -0.481 e. The third-order valence-electron chi connectivity index (χ3n) is 10.3. The zero-order valence-electron chi connectivity index (χ0n) is 16.5. The fraction of sp³-hybridized carbons (Fsp3) is 0.909. The molecule has 0 amide bonds. The molecule has 0 heterocycles. The van der Waals surface area contributed by atoms with Gasteiger partial charge in [0, 0.05) is 18.3 Å². The number of carbonyl (C=O) groups is 2. The second-order valence-electron chi connectivity index (χ2n) is 10.9. The summed E-state index contributed by atoms with van der Waals surface area (Å²) in [5.41, 5.74) is -0.302. The molecule has 0 aromatic rings. The standard InChI is InChI=1S/C22H32O4/c1-12(23)26-17-16-14-11-22(17)13(10-20(14,16)3)6-7-15-19(2,18(24)25)8-5-9-21(15,22)4/h13-17H,5-11H2,1-4H3,(H,24,25)/t13-,14-,15+,16-,17+,19+,20-,21+,22+/m0/s1. The highest BCUT2D eigenvalue weighted by molar-refractivity contribution is 5.75. The van der Waals surface area contributed by atoms with Crippen molar-refractivity contribution < 1.29 is 19.4 Å². The fourth-order valence-electron chi connectivity index (χ4n) is 9.25. The molecule has 1 N–H and O–H groups in total. The van der Waals surface area contributed by atoms with Crippen LogP contribution in [0.15, 0.2) is 0 Å². The largest absolute Gasteiger partial charge is 0.481 e. The zero-order valence-corrected chi connectivity index (χ0v) is 16.5. The highest BCUT2D eigenvalue weighted by Gasteiger charge is 2.85. The van der Waals surface area contributed by atoms with E-state index in [9.17, 15) is 14.7 Å². The molecule has 6 aliphatic carbocycles. The molecule has 4 heteroatoms. The van der Waals surface area contributed by atoms with E-state index in [0.29, 0.717) is 23.2 Å². The van der Waals surface area contributed by atoms with Crippen molar-refractivity contribution in [1.82, 2.24) is 0 Å². The van der Waals surface area contributed by atoms with Gasteiger partial charge < -0.3 is 9.84 Å². The van der Waals surface area contributed by atoms with Gasteiger partial charge in [0.15, 0.2) is 0 Å². The van der Waals surface area contributed by atoms with Crippen LogP contribution in [-0.2, 0) is 14.3 Å². The second-order valence-corrected chi connectivity index (χ2v) is 10.9. The van der Waals surface area contributed by atoms with Gasteiger partial charge >= 0.3 is 11.9 Å². The Morgan fingerprint density at radius 3 is 2.46 bits per heavy atom. The number of fused-ring (bicyclic) bond motifs is 1. The molecule has 9 atom stereocenters. The van der Waals surface area contributed by atoms with Crippen molar-refractivity contribution >= 4 is 11.9 Å². The number of hydrogen-bond acceptors (Lipinski definition) is 3. The van der Waals surface area contributed by atoms with Crippen LogP contribution < -0.4 is 0 Å². The highest BCUT2D eigenvalue weighted by atomic mass is 16.5. The van der Waals surface area contributed by atoms with E-state index >= 15 is 0 Å². The minimum atomic E-state index is -0.638. The third kappa shape index (κ3) is 1.61. The lowest BCUT2D eigenvalue weighted by Crippen LogP contribution is -2.66. The van der Waals surface area contributed by atoms with Crippen LogP contribution in [0, 0.1) is 45.3 Å². The van der Waals surface area contributed by atoms with E-state index in [1.165, 1.54) is 6.42 Å². The first-order valence-corrected chi connectivity index (χ1v) is 10.5. The first-order chi connectivity index (χ1) is 12.1. The van der Waals surface area contributed by atoms with Crippen LogP contribution in [0.3, 0.4) is 0 Å². The van der Waals surface area contributed by atoms with E-state index in [0.717, 1.165) is 38.5 Å². The molecule has 4 bridgehead atoms. The Hall–Kier alpha value is -1.06. The van der Waals surface area contributed by atoms with E-state index in [-0.39, 0.29) is 28.8 Å². The number of aliphatic carboxylic acids is 1. The molecule has 1 spiro atoms. The lowest BCUT2D eigenvalue weighted by Gasteiger charge is -2.68.